The molecule has 0 aliphatic heterocycles. The van der Waals surface area contributed by atoms with Crippen LogP contribution >= 0.6 is 22.9 Å². The molecule has 0 atom stereocenters. The first kappa shape index (κ1) is 10.8. The highest BCUT2D eigenvalue weighted by atomic mass is 32.1. The number of tetrazole rings is 1. The van der Waals surface area contributed by atoms with Crippen molar-refractivity contribution in [3.63, 3.8) is 0 Å². The Balaban J connectivity index is 1.83. The maximum absolute atomic E-state index is 11.8. The smallest absolute Gasteiger partial charge is 0.369 e. The van der Waals surface area contributed by atoms with Crippen molar-refractivity contribution in [3.05, 3.63) is 33.8 Å². The second-order valence-electron chi connectivity index (χ2n) is 3.48. The Morgan fingerprint density at radius 3 is 3.11 bits per heavy atom. The number of hydrogen-bond donors (Lipinski definition) is 0. The number of rotatable bonds is 4. The average Bonchev–Trinajstić information content (AvgIpc) is 3.11. The summed E-state index contributed by atoms with van der Waals surface area (Å²) in [5, 5.41) is 9.96. The zero-order valence-electron chi connectivity index (χ0n) is 10.7. The van der Waals surface area contributed by atoms with Crippen LogP contribution in [0.1, 0.15) is 6.93 Å². The van der Waals surface area contributed by atoms with E-state index in [4.69, 9.17) is 6.11 Å². The van der Waals surface area contributed by atoms with Gasteiger partial charge in [0.2, 0.25) is 0 Å². The van der Waals surface area contributed by atoms with Crippen LogP contribution in [-0.2, 0) is 13.7 Å². The zero-order chi connectivity index (χ0) is 14.1. The molecular formula is C9H8N6O2S2. The van der Waals surface area contributed by atoms with Gasteiger partial charge in [0.15, 0.2) is 5.00 Å². The number of nitrogens with zero attached hydrogens (tertiary/aromatic N) is 6. The maximum Gasteiger partial charge on any atom is 0.369 e. The lowest BCUT2D eigenvalue weighted by Gasteiger charge is -2.01. The van der Waals surface area contributed by atoms with Crippen LogP contribution in [0.2, 0.25) is 0 Å². The zero-order valence-corrected chi connectivity index (χ0v) is 11.3. The minimum Gasteiger partial charge on any atom is -0.465 e. The molecule has 8 nitrogen and oxygen atoms in total. The molecule has 0 N–H and O–H groups in total. The second kappa shape index (κ2) is 4.90. The van der Waals surface area contributed by atoms with Gasteiger partial charge in [-0.15, -0.1) is 4.68 Å². The molecule has 3 rings (SSSR count). The molecule has 0 radical (unpaired) electrons. The van der Waals surface area contributed by atoms with E-state index in [2.05, 4.69) is 19.8 Å². The highest BCUT2D eigenvalue weighted by Gasteiger charge is 2.14. The van der Waals surface area contributed by atoms with Gasteiger partial charge in [0.05, 0.1) is 1.37 Å². The van der Waals surface area contributed by atoms with Crippen molar-refractivity contribution in [1.29, 1.82) is 0 Å². The number of aromatic nitrogens is 6. The van der Waals surface area contributed by atoms with Crippen LogP contribution in [0.3, 0.4) is 0 Å². The molecule has 98 valence electrons. The summed E-state index contributed by atoms with van der Waals surface area (Å²) in [5.41, 5.74) is 0.359. The van der Waals surface area contributed by atoms with Crippen LogP contribution in [-0.4, -0.2) is 29.1 Å². The minimum atomic E-state index is -0.349. The molecule has 0 fully saturated rings. The van der Waals surface area contributed by atoms with Gasteiger partial charge < -0.3 is 4.74 Å². The van der Waals surface area contributed by atoms with E-state index in [0.717, 1.165) is 16.2 Å². The van der Waals surface area contributed by atoms with Crippen molar-refractivity contribution < 1.29 is 6.11 Å². The summed E-state index contributed by atoms with van der Waals surface area (Å²) < 4.78 is 19.1. The second-order valence-corrected chi connectivity index (χ2v) is 5.08. The predicted molar refractivity (Wildman–Crippen MR) is 68.7 cm³/mol. The third-order valence-electron chi connectivity index (χ3n) is 2.26. The standard InChI is InChI=1S/C9H8N6O2S2/c1-14-9(16)15(13-12-14)7-6(4-11-19-7)5-17-8-10-2-3-18-8/h2-4H,5H2,1H3/i2T. The molecule has 0 unspecified atom stereocenters. The predicted octanol–water partition coefficient (Wildman–Crippen LogP) is 0.458. The van der Waals surface area contributed by atoms with E-state index in [1.807, 2.05) is 0 Å². The van der Waals surface area contributed by atoms with Gasteiger partial charge >= 0.3 is 5.69 Å². The van der Waals surface area contributed by atoms with Crippen molar-refractivity contribution >= 4 is 22.9 Å². The van der Waals surface area contributed by atoms with Crippen molar-refractivity contribution in [2.75, 3.05) is 0 Å². The van der Waals surface area contributed by atoms with Gasteiger partial charge in [-0.05, 0) is 22.0 Å². The van der Waals surface area contributed by atoms with Gasteiger partial charge in [0.25, 0.3) is 5.19 Å². The van der Waals surface area contributed by atoms with E-state index >= 15 is 0 Å². The van der Waals surface area contributed by atoms with Crippen molar-refractivity contribution in [1.82, 2.24) is 29.1 Å². The van der Waals surface area contributed by atoms with Crippen LogP contribution in [0.5, 0.6) is 5.19 Å². The van der Waals surface area contributed by atoms with Crippen LogP contribution in [0.4, 0.5) is 0 Å². The molecule has 19 heavy (non-hydrogen) atoms. The Morgan fingerprint density at radius 2 is 2.42 bits per heavy atom. The summed E-state index contributed by atoms with van der Waals surface area (Å²) in [4.78, 5) is 15.7. The Hall–Kier alpha value is -2.07. The van der Waals surface area contributed by atoms with Crippen LogP contribution < -0.4 is 10.4 Å². The van der Waals surface area contributed by atoms with E-state index in [9.17, 15) is 4.79 Å². The van der Waals surface area contributed by atoms with Gasteiger partial charge in [-0.1, -0.05) is 11.3 Å². The van der Waals surface area contributed by atoms with Gasteiger partial charge in [0, 0.05) is 30.4 Å². The first-order chi connectivity index (χ1) is 9.65. The SMILES string of the molecule is [3H]c1csc(OCc2cnsc2-n2nnn(C)c2=O)n1. The quantitative estimate of drug-likeness (QED) is 0.695. The monoisotopic (exact) mass is 298 g/mol. The van der Waals surface area contributed by atoms with Gasteiger partial charge in [-0.2, -0.15) is 9.06 Å². The molecule has 0 saturated heterocycles. The van der Waals surface area contributed by atoms with E-state index in [1.165, 1.54) is 23.1 Å². The molecule has 0 saturated carbocycles. The number of thiazole rings is 1. The van der Waals surface area contributed by atoms with Crippen molar-refractivity contribution in [2.24, 2.45) is 7.05 Å². The fourth-order valence-corrected chi connectivity index (χ4v) is 2.50. The highest BCUT2D eigenvalue weighted by Crippen LogP contribution is 2.20. The Bertz CT molecular complexity index is 790. The summed E-state index contributed by atoms with van der Waals surface area (Å²) >= 11 is 2.38. The molecule has 3 aromatic heterocycles. The van der Waals surface area contributed by atoms with E-state index in [1.54, 1.807) is 11.6 Å². The Labute approximate surface area is 116 Å². The third kappa shape index (κ3) is 2.27. The summed E-state index contributed by atoms with van der Waals surface area (Å²) in [6.45, 7) is 0.196. The fraction of sp³-hybridized carbons (Fsp3) is 0.222. The maximum atomic E-state index is 11.8. The lowest BCUT2D eigenvalue weighted by atomic mass is 10.4. The molecule has 0 aliphatic rings. The lowest BCUT2D eigenvalue weighted by molar-refractivity contribution is 0.304. The molecule has 3 aromatic rings. The van der Waals surface area contributed by atoms with Gasteiger partial charge in [-0.25, -0.2) is 9.78 Å². The van der Waals surface area contributed by atoms with E-state index in [-0.39, 0.29) is 18.5 Å². The summed E-state index contributed by atoms with van der Waals surface area (Å²) in [5.74, 6) is 0. The largest absolute Gasteiger partial charge is 0.465 e. The van der Waals surface area contributed by atoms with E-state index in [0.29, 0.717) is 15.8 Å². The van der Waals surface area contributed by atoms with E-state index < -0.39 is 0 Å². The topological polar surface area (TPSA) is 87.7 Å². The summed E-state index contributed by atoms with van der Waals surface area (Å²) in [6.07, 6.45) is 1.77. The molecule has 10 heteroatoms. The highest BCUT2D eigenvalue weighted by molar-refractivity contribution is 7.11. The molecular weight excluding hydrogens is 288 g/mol. The average molecular weight is 298 g/mol. The third-order valence-corrected chi connectivity index (χ3v) is 3.71. The molecule has 3 heterocycles. The number of aryl methyl sites for hydroxylation is 1. The first-order valence-electron chi connectivity index (χ1n) is 5.63. The normalized spacial score (nSPS) is 11.5. The number of hydrogen-bond acceptors (Lipinski definition) is 8. The van der Waals surface area contributed by atoms with Crippen molar-refractivity contribution in [3.8, 4) is 10.2 Å². The Morgan fingerprint density at radius 1 is 1.53 bits per heavy atom. The minimum absolute atomic E-state index is 0.166. The molecule has 0 aliphatic carbocycles. The van der Waals surface area contributed by atoms with Gasteiger partial charge in [-0.3, -0.25) is 0 Å². The Kier molecular flexibility index (Phi) is 2.79. The molecule has 0 bridgehead atoms. The van der Waals surface area contributed by atoms with Crippen molar-refractivity contribution in [2.45, 2.75) is 6.61 Å². The lowest BCUT2D eigenvalue weighted by Crippen LogP contribution is -2.22. The van der Waals surface area contributed by atoms with Gasteiger partial charge in [0.1, 0.15) is 6.61 Å². The fourth-order valence-electron chi connectivity index (χ4n) is 1.36. The van der Waals surface area contributed by atoms with Crippen LogP contribution in [0.15, 0.2) is 22.5 Å². The molecule has 0 aromatic carbocycles. The summed E-state index contributed by atoms with van der Waals surface area (Å²) in [7, 11) is 1.52. The first-order valence-corrected chi connectivity index (χ1v) is 6.78. The summed E-state index contributed by atoms with van der Waals surface area (Å²) in [6, 6.07) is 0. The van der Waals surface area contributed by atoms with Crippen LogP contribution in [0.25, 0.3) is 5.00 Å². The van der Waals surface area contributed by atoms with Crippen LogP contribution in [0, 0.1) is 0 Å². The number of ether oxygens (including phenoxy) is 1. The molecule has 0 amide bonds. The molecule has 0 spiro atoms.